The van der Waals surface area contributed by atoms with E-state index in [1.54, 1.807) is 6.08 Å². The first-order valence-corrected chi connectivity index (χ1v) is 22.2. The number of unbranched alkanes of at least 4 members (excludes halogenated alkanes) is 22. The summed E-state index contributed by atoms with van der Waals surface area (Å²) in [6.07, 6.45) is 36.2. The molecule has 0 saturated carbocycles. The van der Waals surface area contributed by atoms with Crippen molar-refractivity contribution in [3.05, 3.63) is 36.5 Å². The van der Waals surface area contributed by atoms with Crippen LogP contribution >= 0.6 is 0 Å². The SMILES string of the molecule is CC/C=C\C/C=C\CCCCCCCCCCCCCCCCC(=O)NC(COC1OC(CO)C(O)C(O)C1O)C(O)/C=C/CCCCCCCCCC. The molecule has 0 aliphatic carbocycles. The fourth-order valence-corrected chi connectivity index (χ4v) is 6.90. The Morgan fingerprint density at radius 2 is 1.15 bits per heavy atom. The van der Waals surface area contributed by atoms with E-state index >= 15 is 0 Å². The average molecular weight is 766 g/mol. The molecular formula is C45H83NO8. The molecule has 1 aliphatic rings. The summed E-state index contributed by atoms with van der Waals surface area (Å²) in [6, 6.07) is -0.801. The number of nitrogens with one attached hydrogen (secondary N) is 1. The van der Waals surface area contributed by atoms with Crippen molar-refractivity contribution >= 4 is 5.91 Å². The van der Waals surface area contributed by atoms with Gasteiger partial charge in [0.2, 0.25) is 5.91 Å². The summed E-state index contributed by atoms with van der Waals surface area (Å²) >= 11 is 0. The number of aliphatic hydroxyl groups is 5. The second kappa shape index (κ2) is 35.8. The van der Waals surface area contributed by atoms with Gasteiger partial charge < -0.3 is 40.3 Å². The van der Waals surface area contributed by atoms with Crippen LogP contribution in [0.1, 0.15) is 187 Å². The van der Waals surface area contributed by atoms with Crippen LogP contribution in [0.3, 0.4) is 0 Å². The normalized spacial score (nSPS) is 21.8. The lowest BCUT2D eigenvalue weighted by Gasteiger charge is -2.40. The van der Waals surface area contributed by atoms with E-state index in [1.807, 2.05) is 6.08 Å². The molecule has 0 bridgehead atoms. The molecule has 0 spiro atoms. The number of amides is 1. The van der Waals surface area contributed by atoms with Crippen LogP contribution < -0.4 is 5.32 Å². The summed E-state index contributed by atoms with van der Waals surface area (Å²) in [4.78, 5) is 12.9. The first-order chi connectivity index (χ1) is 26.3. The predicted octanol–water partition coefficient (Wildman–Crippen LogP) is 8.89. The van der Waals surface area contributed by atoms with Crippen molar-refractivity contribution < 1.29 is 39.8 Å². The third kappa shape index (κ3) is 26.3. The number of carbonyl (C=O) groups is 1. The third-order valence-electron chi connectivity index (χ3n) is 10.5. The van der Waals surface area contributed by atoms with Crippen molar-refractivity contribution in [1.29, 1.82) is 0 Å². The van der Waals surface area contributed by atoms with E-state index in [0.717, 1.165) is 51.4 Å². The summed E-state index contributed by atoms with van der Waals surface area (Å²) in [5, 5.41) is 54.0. The van der Waals surface area contributed by atoms with E-state index in [-0.39, 0.29) is 12.5 Å². The quantitative estimate of drug-likeness (QED) is 0.0274. The van der Waals surface area contributed by atoms with E-state index in [1.165, 1.54) is 116 Å². The predicted molar refractivity (Wildman–Crippen MR) is 221 cm³/mol. The molecule has 7 unspecified atom stereocenters. The Bertz CT molecular complexity index is 941. The van der Waals surface area contributed by atoms with Gasteiger partial charge in [-0.15, -0.1) is 0 Å². The van der Waals surface area contributed by atoms with Gasteiger partial charge in [-0.3, -0.25) is 4.79 Å². The number of hydrogen-bond acceptors (Lipinski definition) is 8. The van der Waals surface area contributed by atoms with Gasteiger partial charge >= 0.3 is 0 Å². The van der Waals surface area contributed by atoms with Crippen molar-refractivity contribution in [3.8, 4) is 0 Å². The van der Waals surface area contributed by atoms with Crippen molar-refractivity contribution in [1.82, 2.24) is 5.32 Å². The molecule has 9 nitrogen and oxygen atoms in total. The van der Waals surface area contributed by atoms with Gasteiger partial charge in [-0.2, -0.15) is 0 Å². The topological polar surface area (TPSA) is 149 Å². The maximum atomic E-state index is 12.9. The second-order valence-corrected chi connectivity index (χ2v) is 15.5. The van der Waals surface area contributed by atoms with Crippen LogP contribution in [-0.4, -0.2) is 87.5 Å². The van der Waals surface area contributed by atoms with Crippen LogP contribution in [0.5, 0.6) is 0 Å². The lowest BCUT2D eigenvalue weighted by atomic mass is 9.99. The first-order valence-electron chi connectivity index (χ1n) is 22.2. The van der Waals surface area contributed by atoms with Gasteiger partial charge in [-0.05, 0) is 44.9 Å². The number of rotatable bonds is 36. The van der Waals surface area contributed by atoms with Gasteiger partial charge in [0.15, 0.2) is 6.29 Å². The number of allylic oxidation sites excluding steroid dienone is 5. The summed E-state index contributed by atoms with van der Waals surface area (Å²) in [5.74, 6) is -0.180. The molecular weight excluding hydrogens is 682 g/mol. The Kier molecular flexibility index (Phi) is 33.4. The molecule has 0 aromatic heterocycles. The number of aliphatic hydroxyl groups excluding tert-OH is 5. The van der Waals surface area contributed by atoms with Gasteiger partial charge in [0, 0.05) is 6.42 Å². The molecule has 1 saturated heterocycles. The molecule has 6 N–H and O–H groups in total. The fourth-order valence-electron chi connectivity index (χ4n) is 6.90. The van der Waals surface area contributed by atoms with Crippen LogP contribution in [0.25, 0.3) is 0 Å². The van der Waals surface area contributed by atoms with E-state index in [2.05, 4.69) is 43.5 Å². The van der Waals surface area contributed by atoms with Crippen molar-refractivity contribution in [3.63, 3.8) is 0 Å². The lowest BCUT2D eigenvalue weighted by molar-refractivity contribution is -0.302. The molecule has 7 atom stereocenters. The Labute approximate surface area is 330 Å². The highest BCUT2D eigenvalue weighted by Crippen LogP contribution is 2.22. The molecule has 316 valence electrons. The Balaban J connectivity index is 2.29. The van der Waals surface area contributed by atoms with E-state index in [0.29, 0.717) is 6.42 Å². The fraction of sp³-hybridized carbons (Fsp3) is 0.844. The van der Waals surface area contributed by atoms with E-state index in [4.69, 9.17) is 9.47 Å². The van der Waals surface area contributed by atoms with Crippen LogP contribution in [0.4, 0.5) is 0 Å². The number of hydrogen-bond donors (Lipinski definition) is 6. The monoisotopic (exact) mass is 766 g/mol. The zero-order chi connectivity index (χ0) is 39.5. The summed E-state index contributed by atoms with van der Waals surface area (Å²) in [6.45, 7) is 3.64. The van der Waals surface area contributed by atoms with Crippen LogP contribution in [0.2, 0.25) is 0 Å². The minimum atomic E-state index is -1.56. The van der Waals surface area contributed by atoms with Gasteiger partial charge in [-0.1, -0.05) is 172 Å². The average Bonchev–Trinajstić information content (AvgIpc) is 3.17. The molecule has 1 fully saturated rings. The Morgan fingerprint density at radius 1 is 0.648 bits per heavy atom. The zero-order valence-electron chi connectivity index (χ0n) is 34.5. The van der Waals surface area contributed by atoms with Gasteiger partial charge in [-0.25, -0.2) is 0 Å². The highest BCUT2D eigenvalue weighted by atomic mass is 16.7. The van der Waals surface area contributed by atoms with Crippen molar-refractivity contribution in [2.75, 3.05) is 13.2 Å². The maximum Gasteiger partial charge on any atom is 0.220 e. The van der Waals surface area contributed by atoms with Gasteiger partial charge in [0.25, 0.3) is 0 Å². The molecule has 0 aromatic rings. The third-order valence-corrected chi connectivity index (χ3v) is 10.5. The van der Waals surface area contributed by atoms with Crippen LogP contribution in [-0.2, 0) is 14.3 Å². The first kappa shape index (κ1) is 50.4. The maximum absolute atomic E-state index is 12.9. The molecule has 9 heteroatoms. The van der Waals surface area contributed by atoms with E-state index < -0.39 is 49.5 Å². The molecule has 1 amide bonds. The van der Waals surface area contributed by atoms with E-state index in [9.17, 15) is 30.3 Å². The second-order valence-electron chi connectivity index (χ2n) is 15.5. The minimum absolute atomic E-state index is 0.180. The Morgan fingerprint density at radius 3 is 1.69 bits per heavy atom. The molecule has 1 aliphatic heterocycles. The standard InChI is InChI=1S/C45H83NO8/c1-3-5-7-9-11-13-15-16-17-18-19-20-21-22-23-24-25-27-29-31-33-35-41(49)46-38(37-53-45-44(52)43(51)42(50)40(36-47)54-45)39(48)34-32-30-28-26-14-12-10-8-6-4-2/h5,7,11,13,32,34,38-40,42-45,47-48,50-52H,3-4,6,8-10,12,14-31,33,35-37H2,1-2H3,(H,46,49)/b7-5-,13-11-,34-32+. The number of carbonyl (C=O) groups excluding carboxylic acids is 1. The summed E-state index contributed by atoms with van der Waals surface area (Å²) in [5.41, 5.74) is 0. The zero-order valence-corrected chi connectivity index (χ0v) is 34.5. The molecule has 54 heavy (non-hydrogen) atoms. The highest BCUT2D eigenvalue weighted by molar-refractivity contribution is 5.76. The van der Waals surface area contributed by atoms with Gasteiger partial charge in [0.1, 0.15) is 24.4 Å². The molecule has 0 aromatic carbocycles. The Hall–Kier alpha value is -1.59. The summed E-state index contributed by atoms with van der Waals surface area (Å²) in [7, 11) is 0. The summed E-state index contributed by atoms with van der Waals surface area (Å²) < 4.78 is 11.2. The highest BCUT2D eigenvalue weighted by Gasteiger charge is 2.44. The van der Waals surface area contributed by atoms with Gasteiger partial charge in [0.05, 0.1) is 25.4 Å². The van der Waals surface area contributed by atoms with Crippen molar-refractivity contribution in [2.45, 2.75) is 230 Å². The molecule has 1 rings (SSSR count). The van der Waals surface area contributed by atoms with Crippen LogP contribution in [0, 0.1) is 0 Å². The lowest BCUT2D eigenvalue weighted by Crippen LogP contribution is -2.60. The minimum Gasteiger partial charge on any atom is -0.394 e. The molecule has 0 radical (unpaired) electrons. The molecule has 1 heterocycles. The van der Waals surface area contributed by atoms with Crippen molar-refractivity contribution in [2.24, 2.45) is 0 Å². The van der Waals surface area contributed by atoms with Crippen LogP contribution in [0.15, 0.2) is 36.5 Å². The number of ether oxygens (including phenoxy) is 2. The smallest absolute Gasteiger partial charge is 0.220 e. The largest absolute Gasteiger partial charge is 0.394 e.